The minimum Gasteiger partial charge on any atom is -0.478 e. The number of fused-ring (bicyclic) bond motifs is 7. The van der Waals surface area contributed by atoms with Crippen LogP contribution in [0, 0.1) is 62.5 Å². The minimum atomic E-state index is -1.16. The quantitative estimate of drug-likeness (QED) is 0.202. The molecular weight excluding hydrogens is 680 g/mol. The molecule has 0 bridgehead atoms. The number of aliphatic hydroxyl groups is 1. The van der Waals surface area contributed by atoms with Crippen molar-refractivity contribution in [2.45, 2.75) is 125 Å². The molecule has 0 heterocycles. The second-order valence-electron chi connectivity index (χ2n) is 19.4. The topological polar surface area (TPSA) is 116 Å². The molecule has 0 spiro atoms. The number of halogens is 1. The molecule has 0 saturated heterocycles. The van der Waals surface area contributed by atoms with Crippen molar-refractivity contribution in [3.05, 3.63) is 82.7 Å². The van der Waals surface area contributed by atoms with Gasteiger partial charge < -0.3 is 20.8 Å². The molecule has 8 heteroatoms. The van der Waals surface area contributed by atoms with Gasteiger partial charge in [0.05, 0.1) is 17.1 Å². The number of hydrogen-bond donors (Lipinski definition) is 4. The molecule has 54 heavy (non-hydrogen) atoms. The molecule has 0 aliphatic heterocycles. The van der Waals surface area contributed by atoms with Gasteiger partial charge in [0.2, 0.25) is 5.91 Å². The number of carboxylic acid groups (broad SMARTS) is 1. The smallest absolute Gasteiger partial charge is 0.335 e. The number of rotatable bonds is 8. The van der Waals surface area contributed by atoms with Gasteiger partial charge in [0.1, 0.15) is 5.82 Å². The third-order valence-electron chi connectivity index (χ3n) is 16.9. The van der Waals surface area contributed by atoms with E-state index in [2.05, 4.69) is 58.8 Å². The molecule has 0 radical (unpaired) electrons. The molecule has 5 saturated carbocycles. The Labute approximate surface area is 321 Å². The zero-order valence-electron chi connectivity index (χ0n) is 33.2. The molecule has 292 valence electrons. The van der Waals surface area contributed by atoms with Crippen LogP contribution in [0.1, 0.15) is 138 Å². The van der Waals surface area contributed by atoms with Gasteiger partial charge in [0.15, 0.2) is 0 Å². The van der Waals surface area contributed by atoms with E-state index in [1.165, 1.54) is 30.5 Å². The lowest BCUT2D eigenvalue weighted by atomic mass is 9.32. The van der Waals surface area contributed by atoms with Crippen LogP contribution in [0.5, 0.6) is 0 Å². The molecule has 10 atom stereocenters. The molecule has 2 unspecified atom stereocenters. The standard InChI is InChI=1S/C46H61FN2O5/c1-27(2)32-15-20-46(41(54)49-25-28-9-8-10-29(23-28)39(51)48-26-31-24-30(40(52)53)11-13-34(31)47)22-21-44(6)33(38(32)46)12-14-36-43(5)18-17-37(50)42(3,4)35(43)16-19-45(36,44)7/h8-11,13,23-24,32-33,35-38,50H,1,12,14-22,25-26H2,2-7H3,(H,48,51)(H,49,54)(H,52,53)/t32-,33?,35?,36+,37-,38+,43-,44+,45+,46-/m0/s1. The van der Waals surface area contributed by atoms with E-state index in [0.717, 1.165) is 63.0 Å². The Bertz CT molecular complexity index is 1860. The number of nitrogens with one attached hydrogen (secondary N) is 2. The Morgan fingerprint density at radius 1 is 0.815 bits per heavy atom. The summed E-state index contributed by atoms with van der Waals surface area (Å²) < 4.78 is 14.4. The molecule has 0 aromatic heterocycles. The number of amides is 2. The van der Waals surface area contributed by atoms with Gasteiger partial charge in [0.25, 0.3) is 5.91 Å². The molecule has 2 aromatic rings. The largest absolute Gasteiger partial charge is 0.478 e. The lowest BCUT2D eigenvalue weighted by Crippen LogP contribution is -2.67. The van der Waals surface area contributed by atoms with Crippen LogP contribution >= 0.6 is 0 Å². The highest BCUT2D eigenvalue weighted by Crippen LogP contribution is 2.77. The van der Waals surface area contributed by atoms with Gasteiger partial charge in [-0.3, -0.25) is 9.59 Å². The molecular formula is C46H61FN2O5. The second-order valence-corrected chi connectivity index (χ2v) is 19.4. The number of carbonyl (C=O) groups is 3. The van der Waals surface area contributed by atoms with E-state index < -0.39 is 23.1 Å². The fourth-order valence-electron chi connectivity index (χ4n) is 13.8. The van der Waals surface area contributed by atoms with Crippen molar-refractivity contribution < 1.29 is 29.0 Å². The predicted octanol–water partition coefficient (Wildman–Crippen LogP) is 9.09. The lowest BCUT2D eigenvalue weighted by molar-refractivity contribution is -0.246. The molecule has 4 N–H and O–H groups in total. The van der Waals surface area contributed by atoms with Crippen LogP contribution in [0.2, 0.25) is 0 Å². The van der Waals surface area contributed by atoms with E-state index >= 15 is 0 Å². The summed E-state index contributed by atoms with van der Waals surface area (Å²) in [7, 11) is 0. The number of aliphatic hydroxyl groups excluding tert-OH is 1. The number of aromatic carboxylic acids is 1. The molecule has 2 amide bonds. The Balaban J connectivity index is 1.08. The van der Waals surface area contributed by atoms with Crippen molar-refractivity contribution in [2.24, 2.45) is 56.7 Å². The maximum absolute atomic E-state index is 14.7. The summed E-state index contributed by atoms with van der Waals surface area (Å²) in [6.07, 6.45) is 10.1. The average molecular weight is 741 g/mol. The number of benzene rings is 2. The van der Waals surface area contributed by atoms with E-state index in [1.807, 2.05) is 6.07 Å². The maximum Gasteiger partial charge on any atom is 0.335 e. The Kier molecular flexibility index (Phi) is 9.76. The first-order valence-electron chi connectivity index (χ1n) is 20.4. The molecule has 2 aromatic carbocycles. The fraction of sp³-hybridized carbons (Fsp3) is 0.630. The summed E-state index contributed by atoms with van der Waals surface area (Å²) in [6.45, 7) is 19.2. The fourth-order valence-corrected chi connectivity index (χ4v) is 13.8. The Hall–Kier alpha value is -3.52. The summed E-state index contributed by atoms with van der Waals surface area (Å²) in [6, 6.07) is 10.6. The van der Waals surface area contributed by atoms with E-state index in [9.17, 15) is 29.0 Å². The summed E-state index contributed by atoms with van der Waals surface area (Å²) in [5.74, 6) is 0.0421. The highest BCUT2D eigenvalue weighted by Gasteiger charge is 2.71. The van der Waals surface area contributed by atoms with E-state index in [0.29, 0.717) is 35.8 Å². The van der Waals surface area contributed by atoms with Crippen LogP contribution in [-0.2, 0) is 17.9 Å². The van der Waals surface area contributed by atoms with Gasteiger partial charge >= 0.3 is 5.97 Å². The second kappa shape index (κ2) is 13.6. The average Bonchev–Trinajstić information content (AvgIpc) is 3.53. The normalized spacial score (nSPS) is 37.9. The Morgan fingerprint density at radius 3 is 2.30 bits per heavy atom. The summed E-state index contributed by atoms with van der Waals surface area (Å²) in [5, 5.41) is 26.4. The van der Waals surface area contributed by atoms with Crippen molar-refractivity contribution in [3.8, 4) is 0 Å². The van der Waals surface area contributed by atoms with Crippen molar-refractivity contribution in [1.29, 1.82) is 0 Å². The van der Waals surface area contributed by atoms with Crippen molar-refractivity contribution >= 4 is 17.8 Å². The maximum atomic E-state index is 14.7. The third-order valence-corrected chi connectivity index (χ3v) is 16.9. The van der Waals surface area contributed by atoms with Crippen LogP contribution in [-0.4, -0.2) is 34.1 Å². The number of allylic oxidation sites excluding steroid dienone is 1. The van der Waals surface area contributed by atoms with Crippen LogP contribution in [0.25, 0.3) is 0 Å². The summed E-state index contributed by atoms with van der Waals surface area (Å²) in [5.41, 5.74) is 2.35. The van der Waals surface area contributed by atoms with Gasteiger partial charge in [-0.15, -0.1) is 0 Å². The first kappa shape index (κ1) is 38.7. The number of carboxylic acids is 1. The lowest BCUT2D eigenvalue weighted by Gasteiger charge is -2.72. The Morgan fingerprint density at radius 2 is 1.57 bits per heavy atom. The van der Waals surface area contributed by atoms with Crippen LogP contribution in [0.4, 0.5) is 4.39 Å². The molecule has 5 aliphatic carbocycles. The van der Waals surface area contributed by atoms with E-state index in [4.69, 9.17) is 0 Å². The predicted molar refractivity (Wildman–Crippen MR) is 208 cm³/mol. The minimum absolute atomic E-state index is 0.0482. The number of carbonyl (C=O) groups excluding carboxylic acids is 2. The summed E-state index contributed by atoms with van der Waals surface area (Å²) >= 11 is 0. The molecule has 7 nitrogen and oxygen atoms in total. The van der Waals surface area contributed by atoms with E-state index in [-0.39, 0.29) is 57.3 Å². The van der Waals surface area contributed by atoms with Crippen LogP contribution < -0.4 is 10.6 Å². The van der Waals surface area contributed by atoms with Gasteiger partial charge in [-0.25, -0.2) is 9.18 Å². The van der Waals surface area contributed by atoms with Crippen molar-refractivity contribution in [1.82, 2.24) is 10.6 Å². The zero-order valence-corrected chi connectivity index (χ0v) is 33.2. The third kappa shape index (κ3) is 5.87. The van der Waals surface area contributed by atoms with Crippen LogP contribution in [0.3, 0.4) is 0 Å². The van der Waals surface area contributed by atoms with Crippen molar-refractivity contribution in [2.75, 3.05) is 0 Å². The van der Waals surface area contributed by atoms with Gasteiger partial charge in [0, 0.05) is 24.2 Å². The van der Waals surface area contributed by atoms with Gasteiger partial charge in [-0.1, -0.05) is 58.9 Å². The first-order valence-corrected chi connectivity index (χ1v) is 20.4. The SMILES string of the molecule is C=C(C)[C@@H]1CC[C@]2(C(=O)NCc3cccc(C(=O)NCc4cc(C(=O)O)ccc4F)c3)CC[C@]3(C)C(CC[C@@H]4[C@@]5(C)CC[C@H](O)C(C)(C)C5CC[C@]43C)[C@@H]12. The van der Waals surface area contributed by atoms with E-state index in [1.54, 1.807) is 18.2 Å². The highest BCUT2D eigenvalue weighted by molar-refractivity contribution is 5.94. The van der Waals surface area contributed by atoms with Gasteiger partial charge in [-0.05, 0) is 158 Å². The first-order chi connectivity index (χ1) is 25.4. The van der Waals surface area contributed by atoms with Gasteiger partial charge in [-0.2, -0.15) is 0 Å². The molecule has 7 rings (SSSR count). The van der Waals surface area contributed by atoms with Crippen molar-refractivity contribution in [3.63, 3.8) is 0 Å². The monoisotopic (exact) mass is 740 g/mol. The zero-order chi connectivity index (χ0) is 39.0. The van der Waals surface area contributed by atoms with Crippen LogP contribution in [0.15, 0.2) is 54.6 Å². The summed E-state index contributed by atoms with van der Waals surface area (Å²) in [4.78, 5) is 39.1. The molecule has 5 fully saturated rings. The molecule has 5 aliphatic rings. The highest BCUT2D eigenvalue weighted by atomic mass is 19.1. The number of hydrogen-bond acceptors (Lipinski definition) is 4.